The van der Waals surface area contributed by atoms with Crippen LogP contribution < -0.4 is 10.5 Å². The van der Waals surface area contributed by atoms with Crippen LogP contribution in [0.3, 0.4) is 0 Å². The Morgan fingerprint density at radius 1 is 1.35 bits per heavy atom. The average Bonchev–Trinajstić information content (AvgIpc) is 2.29. The topological polar surface area (TPSA) is 69.4 Å². The van der Waals surface area contributed by atoms with Crippen molar-refractivity contribution < 1.29 is 13.2 Å². The molecule has 0 saturated carbocycles. The summed E-state index contributed by atoms with van der Waals surface area (Å²) in [5, 5.41) is 0. The van der Waals surface area contributed by atoms with Gasteiger partial charge in [0, 0.05) is 11.4 Å². The second-order valence-electron chi connectivity index (χ2n) is 3.96. The summed E-state index contributed by atoms with van der Waals surface area (Å²) in [5.74, 6) is 1.09. The summed E-state index contributed by atoms with van der Waals surface area (Å²) in [6.07, 6.45) is 0.513. The van der Waals surface area contributed by atoms with Gasteiger partial charge in [-0.2, -0.15) is 0 Å². The van der Waals surface area contributed by atoms with E-state index in [9.17, 15) is 8.42 Å². The number of hydrogen-bond donors (Lipinski definition) is 1. The summed E-state index contributed by atoms with van der Waals surface area (Å²) in [6, 6.07) is 5.42. The number of rotatable bonds is 6. The summed E-state index contributed by atoms with van der Waals surface area (Å²) < 4.78 is 27.9. The van der Waals surface area contributed by atoms with Gasteiger partial charge in [0.25, 0.3) is 0 Å². The fourth-order valence-corrected chi connectivity index (χ4v) is 2.20. The Morgan fingerprint density at radius 2 is 2.06 bits per heavy atom. The van der Waals surface area contributed by atoms with Crippen LogP contribution in [0.1, 0.15) is 18.9 Å². The zero-order chi connectivity index (χ0) is 12.9. The summed E-state index contributed by atoms with van der Waals surface area (Å²) >= 11 is 0. The molecule has 0 aliphatic carbocycles. The van der Waals surface area contributed by atoms with E-state index in [1.807, 2.05) is 13.0 Å². The molecule has 0 amide bonds. The molecule has 0 fully saturated rings. The van der Waals surface area contributed by atoms with Crippen LogP contribution in [0.4, 0.5) is 5.69 Å². The molecule has 1 rings (SSSR count). The molecule has 0 aromatic heterocycles. The van der Waals surface area contributed by atoms with Crippen molar-refractivity contribution in [3.05, 3.63) is 23.8 Å². The molecule has 0 bridgehead atoms. The van der Waals surface area contributed by atoms with E-state index in [0.717, 1.165) is 17.0 Å². The average molecular weight is 257 g/mol. The lowest BCUT2D eigenvalue weighted by molar-refractivity contribution is 0.317. The maximum atomic E-state index is 11.2. The minimum Gasteiger partial charge on any atom is -0.494 e. The highest BCUT2D eigenvalue weighted by Crippen LogP contribution is 2.18. The van der Waals surface area contributed by atoms with E-state index in [1.165, 1.54) is 0 Å². The molecule has 0 saturated heterocycles. The van der Waals surface area contributed by atoms with E-state index < -0.39 is 9.84 Å². The number of anilines is 1. The van der Waals surface area contributed by atoms with Gasteiger partial charge in [0.15, 0.2) is 0 Å². The summed E-state index contributed by atoms with van der Waals surface area (Å²) in [4.78, 5) is 0. The smallest absolute Gasteiger partial charge is 0.150 e. The van der Waals surface area contributed by atoms with Crippen LogP contribution in [0.15, 0.2) is 18.2 Å². The van der Waals surface area contributed by atoms with Gasteiger partial charge in [-0.15, -0.1) is 0 Å². The monoisotopic (exact) mass is 257 g/mol. The first-order chi connectivity index (χ1) is 7.94. The van der Waals surface area contributed by atoms with Crippen LogP contribution in [0.2, 0.25) is 0 Å². The van der Waals surface area contributed by atoms with Crippen molar-refractivity contribution in [2.45, 2.75) is 20.3 Å². The maximum absolute atomic E-state index is 11.2. The Labute approximate surface area is 103 Å². The maximum Gasteiger partial charge on any atom is 0.150 e. The van der Waals surface area contributed by atoms with Gasteiger partial charge < -0.3 is 10.5 Å². The molecule has 0 heterocycles. The van der Waals surface area contributed by atoms with Gasteiger partial charge in [0.1, 0.15) is 15.6 Å². The Hall–Kier alpha value is -1.23. The highest BCUT2D eigenvalue weighted by Gasteiger charge is 2.06. The molecule has 1 aromatic rings. The number of benzene rings is 1. The Morgan fingerprint density at radius 3 is 2.65 bits per heavy atom. The number of sulfone groups is 1. The molecule has 0 unspecified atom stereocenters. The van der Waals surface area contributed by atoms with Gasteiger partial charge in [-0.25, -0.2) is 8.42 Å². The Bertz CT molecular complexity index is 469. The van der Waals surface area contributed by atoms with Gasteiger partial charge >= 0.3 is 0 Å². The third-order valence-corrected chi connectivity index (χ3v) is 4.34. The zero-order valence-electron chi connectivity index (χ0n) is 10.3. The molecule has 0 atom stereocenters. The van der Waals surface area contributed by atoms with Crippen molar-refractivity contribution in [1.82, 2.24) is 0 Å². The van der Waals surface area contributed by atoms with Gasteiger partial charge in [-0.05, 0) is 37.1 Å². The van der Waals surface area contributed by atoms with E-state index in [2.05, 4.69) is 0 Å². The SMILES string of the molecule is CCS(=O)(=O)CCCOc1ccc(N)c(C)c1. The quantitative estimate of drug-likeness (QED) is 0.623. The zero-order valence-corrected chi connectivity index (χ0v) is 11.1. The standard InChI is InChI=1S/C12H19NO3S/c1-3-17(14,15)8-4-7-16-11-5-6-12(13)10(2)9-11/h5-6,9H,3-4,7-8,13H2,1-2H3. The minimum atomic E-state index is -2.89. The molecule has 0 aliphatic rings. The van der Waals surface area contributed by atoms with Crippen molar-refractivity contribution >= 4 is 15.5 Å². The predicted molar refractivity (Wildman–Crippen MR) is 70.0 cm³/mol. The first-order valence-electron chi connectivity index (χ1n) is 5.64. The van der Waals surface area contributed by atoms with E-state index in [0.29, 0.717) is 13.0 Å². The third kappa shape index (κ3) is 4.65. The highest BCUT2D eigenvalue weighted by atomic mass is 32.2. The van der Waals surface area contributed by atoms with Crippen LogP contribution >= 0.6 is 0 Å². The Balaban J connectivity index is 2.39. The fourth-order valence-electron chi connectivity index (χ4n) is 1.35. The van der Waals surface area contributed by atoms with Gasteiger partial charge in [-0.3, -0.25) is 0 Å². The number of nitrogens with two attached hydrogens (primary N) is 1. The van der Waals surface area contributed by atoms with Crippen molar-refractivity contribution in [2.24, 2.45) is 0 Å². The van der Waals surface area contributed by atoms with Crippen molar-refractivity contribution in [3.63, 3.8) is 0 Å². The molecule has 96 valence electrons. The molecular formula is C12H19NO3S. The molecular weight excluding hydrogens is 238 g/mol. The van der Waals surface area contributed by atoms with Gasteiger partial charge in [0.2, 0.25) is 0 Å². The lowest BCUT2D eigenvalue weighted by atomic mass is 10.2. The summed E-state index contributed by atoms with van der Waals surface area (Å²) in [7, 11) is -2.89. The number of nitrogen functional groups attached to an aromatic ring is 1. The van der Waals surface area contributed by atoms with Crippen LogP contribution in [-0.4, -0.2) is 26.5 Å². The molecule has 1 aromatic carbocycles. The molecule has 5 heteroatoms. The van der Waals surface area contributed by atoms with Crippen LogP contribution in [0.5, 0.6) is 5.75 Å². The number of ether oxygens (including phenoxy) is 1. The van der Waals surface area contributed by atoms with E-state index in [-0.39, 0.29) is 11.5 Å². The van der Waals surface area contributed by atoms with E-state index >= 15 is 0 Å². The number of aryl methyl sites for hydroxylation is 1. The largest absolute Gasteiger partial charge is 0.494 e. The second kappa shape index (κ2) is 5.91. The second-order valence-corrected chi connectivity index (χ2v) is 6.43. The molecule has 0 aliphatic heterocycles. The lowest BCUT2D eigenvalue weighted by Crippen LogP contribution is -2.11. The van der Waals surface area contributed by atoms with Crippen LogP contribution in [0.25, 0.3) is 0 Å². The van der Waals surface area contributed by atoms with Crippen LogP contribution in [-0.2, 0) is 9.84 Å². The molecule has 17 heavy (non-hydrogen) atoms. The molecule has 4 nitrogen and oxygen atoms in total. The summed E-state index contributed by atoms with van der Waals surface area (Å²) in [6.45, 7) is 3.96. The summed E-state index contributed by atoms with van der Waals surface area (Å²) in [5.41, 5.74) is 7.37. The fraction of sp³-hybridized carbons (Fsp3) is 0.500. The normalized spacial score (nSPS) is 11.4. The lowest BCUT2D eigenvalue weighted by Gasteiger charge is -2.08. The van der Waals surface area contributed by atoms with Crippen LogP contribution in [0, 0.1) is 6.92 Å². The first kappa shape index (κ1) is 13.8. The first-order valence-corrected chi connectivity index (χ1v) is 7.46. The highest BCUT2D eigenvalue weighted by molar-refractivity contribution is 7.91. The van der Waals surface area contributed by atoms with Gasteiger partial charge in [-0.1, -0.05) is 6.92 Å². The van der Waals surface area contributed by atoms with E-state index in [4.69, 9.17) is 10.5 Å². The van der Waals surface area contributed by atoms with E-state index in [1.54, 1.807) is 19.1 Å². The Kier molecular flexibility index (Phi) is 4.81. The molecule has 0 spiro atoms. The predicted octanol–water partition coefficient (Wildman–Crippen LogP) is 1.78. The minimum absolute atomic E-state index is 0.178. The van der Waals surface area contributed by atoms with Crippen molar-refractivity contribution in [2.75, 3.05) is 23.8 Å². The third-order valence-electron chi connectivity index (χ3n) is 2.55. The van der Waals surface area contributed by atoms with Crippen molar-refractivity contribution in [1.29, 1.82) is 0 Å². The molecule has 2 N–H and O–H groups in total. The molecule has 0 radical (unpaired) electrons. The number of hydrogen-bond acceptors (Lipinski definition) is 4. The van der Waals surface area contributed by atoms with Crippen molar-refractivity contribution in [3.8, 4) is 5.75 Å². The van der Waals surface area contributed by atoms with Gasteiger partial charge in [0.05, 0.1) is 12.4 Å².